The first-order valence-corrected chi connectivity index (χ1v) is 6.85. The van der Waals surface area contributed by atoms with Crippen molar-refractivity contribution in [2.24, 2.45) is 0 Å². The first-order valence-electron chi connectivity index (χ1n) is 6.85. The molecule has 0 saturated carbocycles. The molecule has 0 amide bonds. The molecule has 0 fully saturated rings. The minimum absolute atomic E-state index is 0.669. The molecular formula is C19H18N+. The molecule has 0 aliphatic rings. The average Bonchev–Trinajstić information content (AvgIpc) is 2.56. The highest BCUT2D eigenvalue weighted by atomic mass is 15.3. The Morgan fingerprint density at radius 1 is 0.450 bits per heavy atom. The van der Waals surface area contributed by atoms with Crippen molar-refractivity contribution < 1.29 is 0 Å². The van der Waals surface area contributed by atoms with Gasteiger partial charge in [0.1, 0.15) is 17.1 Å². The lowest BCUT2D eigenvalue weighted by molar-refractivity contribution is 0.627. The molecule has 3 rings (SSSR count). The first kappa shape index (κ1) is 12.6. The Hall–Kier alpha value is -2.38. The Labute approximate surface area is 120 Å². The number of para-hydroxylation sites is 3. The van der Waals surface area contributed by atoms with Crippen LogP contribution in [0, 0.1) is 0 Å². The zero-order valence-electron chi connectivity index (χ0n) is 11.6. The predicted molar refractivity (Wildman–Crippen MR) is 86.4 cm³/mol. The van der Waals surface area contributed by atoms with Gasteiger partial charge in [-0.25, -0.2) is 4.48 Å². The van der Waals surface area contributed by atoms with Crippen molar-refractivity contribution in [1.82, 2.24) is 4.48 Å². The number of nitrogens with zero attached hydrogens (tertiary/aromatic N) is 1. The molecule has 0 atom stereocenters. The van der Waals surface area contributed by atoms with Crippen LogP contribution in [0.2, 0.25) is 0 Å². The first-order chi connectivity index (χ1) is 9.82. The van der Waals surface area contributed by atoms with Gasteiger partial charge in [0.25, 0.3) is 0 Å². The van der Waals surface area contributed by atoms with Crippen molar-refractivity contribution in [3.05, 3.63) is 91.0 Å². The molecular weight excluding hydrogens is 242 g/mol. The normalized spacial score (nSPS) is 11.2. The second kappa shape index (κ2) is 5.32. The van der Waals surface area contributed by atoms with Gasteiger partial charge in [-0.1, -0.05) is 54.6 Å². The van der Waals surface area contributed by atoms with E-state index in [9.17, 15) is 0 Å². The summed E-state index contributed by atoms with van der Waals surface area (Å²) < 4.78 is 0.669. The second-order valence-corrected chi connectivity index (χ2v) is 5.01. The largest absolute Gasteiger partial charge is 0.229 e. The van der Waals surface area contributed by atoms with E-state index in [1.165, 1.54) is 17.1 Å². The van der Waals surface area contributed by atoms with Crippen molar-refractivity contribution in [1.29, 1.82) is 0 Å². The van der Waals surface area contributed by atoms with Crippen LogP contribution in [0.4, 0.5) is 17.1 Å². The molecule has 0 saturated heterocycles. The van der Waals surface area contributed by atoms with Crippen LogP contribution in [0.5, 0.6) is 0 Å². The molecule has 20 heavy (non-hydrogen) atoms. The van der Waals surface area contributed by atoms with E-state index >= 15 is 0 Å². The Bertz CT molecular complexity index is 563. The zero-order valence-corrected chi connectivity index (χ0v) is 11.6. The van der Waals surface area contributed by atoms with Crippen LogP contribution >= 0.6 is 0 Å². The van der Waals surface area contributed by atoms with Crippen molar-refractivity contribution in [3.63, 3.8) is 0 Å². The maximum atomic E-state index is 2.24. The average molecular weight is 260 g/mol. The smallest absolute Gasteiger partial charge is 0.142 e. The molecule has 0 aliphatic heterocycles. The van der Waals surface area contributed by atoms with Gasteiger partial charge in [0.05, 0.1) is 7.05 Å². The fraction of sp³-hybridized carbons (Fsp3) is 0.0526. The van der Waals surface area contributed by atoms with Crippen LogP contribution in [0.15, 0.2) is 91.0 Å². The van der Waals surface area contributed by atoms with Crippen LogP contribution < -0.4 is 4.48 Å². The lowest BCUT2D eigenvalue weighted by atomic mass is 10.1. The quantitative estimate of drug-likeness (QED) is 0.561. The van der Waals surface area contributed by atoms with E-state index in [4.69, 9.17) is 0 Å². The van der Waals surface area contributed by atoms with E-state index in [2.05, 4.69) is 98.0 Å². The number of hydrogen-bond donors (Lipinski definition) is 0. The molecule has 0 spiro atoms. The van der Waals surface area contributed by atoms with Gasteiger partial charge in [-0.2, -0.15) is 0 Å². The van der Waals surface area contributed by atoms with Crippen molar-refractivity contribution in [2.75, 3.05) is 7.05 Å². The molecule has 3 aromatic carbocycles. The minimum Gasteiger partial charge on any atom is -0.229 e. The van der Waals surface area contributed by atoms with E-state index in [0.717, 1.165) is 0 Å². The van der Waals surface area contributed by atoms with Crippen LogP contribution in [0.25, 0.3) is 0 Å². The SMILES string of the molecule is C[N+](c1ccccc1)(c1ccccc1)c1ccccc1. The maximum Gasteiger partial charge on any atom is 0.142 e. The fourth-order valence-corrected chi connectivity index (χ4v) is 2.63. The van der Waals surface area contributed by atoms with Crippen molar-refractivity contribution in [2.45, 2.75) is 0 Å². The van der Waals surface area contributed by atoms with Gasteiger partial charge in [0.15, 0.2) is 0 Å². The highest BCUT2D eigenvalue weighted by Gasteiger charge is 2.30. The van der Waals surface area contributed by atoms with Gasteiger partial charge in [-0.15, -0.1) is 0 Å². The fourth-order valence-electron chi connectivity index (χ4n) is 2.63. The molecule has 0 unspecified atom stereocenters. The van der Waals surface area contributed by atoms with Gasteiger partial charge in [-0.05, 0) is 36.4 Å². The summed E-state index contributed by atoms with van der Waals surface area (Å²) in [6, 6.07) is 31.8. The molecule has 0 radical (unpaired) electrons. The third kappa shape index (κ3) is 2.13. The number of hydrogen-bond acceptors (Lipinski definition) is 0. The van der Waals surface area contributed by atoms with Crippen molar-refractivity contribution >= 4 is 17.1 Å². The molecule has 3 aromatic rings. The highest BCUT2D eigenvalue weighted by molar-refractivity contribution is 5.69. The number of quaternary nitrogens is 1. The number of benzene rings is 3. The lowest BCUT2D eigenvalue weighted by Crippen LogP contribution is -2.33. The molecule has 1 nitrogen and oxygen atoms in total. The molecule has 0 heterocycles. The summed E-state index contributed by atoms with van der Waals surface area (Å²) in [6.07, 6.45) is 0. The van der Waals surface area contributed by atoms with Gasteiger partial charge < -0.3 is 0 Å². The Kier molecular flexibility index (Phi) is 3.36. The van der Waals surface area contributed by atoms with Gasteiger partial charge in [0.2, 0.25) is 0 Å². The van der Waals surface area contributed by atoms with Crippen LogP contribution in [-0.2, 0) is 0 Å². The Morgan fingerprint density at radius 2 is 0.700 bits per heavy atom. The monoisotopic (exact) mass is 260 g/mol. The summed E-state index contributed by atoms with van der Waals surface area (Å²) in [5.41, 5.74) is 3.76. The zero-order chi connectivity index (χ0) is 13.8. The summed E-state index contributed by atoms with van der Waals surface area (Å²) in [5.74, 6) is 0. The molecule has 0 aliphatic carbocycles. The topological polar surface area (TPSA) is 0 Å². The van der Waals surface area contributed by atoms with Crippen LogP contribution in [0.1, 0.15) is 0 Å². The second-order valence-electron chi connectivity index (χ2n) is 5.01. The molecule has 0 N–H and O–H groups in total. The Morgan fingerprint density at radius 3 is 0.950 bits per heavy atom. The summed E-state index contributed by atoms with van der Waals surface area (Å²) in [6.45, 7) is 0. The summed E-state index contributed by atoms with van der Waals surface area (Å²) in [7, 11) is 2.24. The van der Waals surface area contributed by atoms with Crippen molar-refractivity contribution in [3.8, 4) is 0 Å². The standard InChI is InChI=1S/C19H18N/c1-20(17-11-5-2-6-12-17,18-13-7-3-8-14-18)19-15-9-4-10-16-19/h2-16H,1H3/q+1. The third-order valence-electron chi connectivity index (χ3n) is 3.82. The predicted octanol–water partition coefficient (Wildman–Crippen LogP) is 5.29. The molecule has 1 heteroatoms. The summed E-state index contributed by atoms with van der Waals surface area (Å²) in [4.78, 5) is 0. The van der Waals surface area contributed by atoms with Gasteiger partial charge in [-0.3, -0.25) is 0 Å². The van der Waals surface area contributed by atoms with Gasteiger partial charge >= 0.3 is 0 Å². The summed E-state index contributed by atoms with van der Waals surface area (Å²) >= 11 is 0. The molecule has 98 valence electrons. The minimum atomic E-state index is 0.669. The van der Waals surface area contributed by atoms with Gasteiger partial charge in [0, 0.05) is 0 Å². The van der Waals surface area contributed by atoms with E-state index < -0.39 is 0 Å². The number of rotatable bonds is 3. The third-order valence-corrected chi connectivity index (χ3v) is 3.82. The van der Waals surface area contributed by atoms with E-state index in [0.29, 0.717) is 4.48 Å². The van der Waals surface area contributed by atoms with Crippen LogP contribution in [-0.4, -0.2) is 7.05 Å². The lowest BCUT2D eigenvalue weighted by Gasteiger charge is -2.33. The van der Waals surface area contributed by atoms with E-state index in [-0.39, 0.29) is 0 Å². The molecule has 0 bridgehead atoms. The van der Waals surface area contributed by atoms with E-state index in [1.54, 1.807) is 0 Å². The maximum absolute atomic E-state index is 2.24. The highest BCUT2D eigenvalue weighted by Crippen LogP contribution is 2.40. The Balaban J connectivity index is 2.24. The summed E-state index contributed by atoms with van der Waals surface area (Å²) in [5, 5.41) is 0. The van der Waals surface area contributed by atoms with Crippen LogP contribution in [0.3, 0.4) is 0 Å². The van der Waals surface area contributed by atoms with E-state index in [1.807, 2.05) is 0 Å². The molecule has 0 aromatic heterocycles.